The van der Waals surface area contributed by atoms with Gasteiger partial charge >= 0.3 is 0 Å². The molecule has 0 saturated carbocycles. The van der Waals surface area contributed by atoms with Gasteiger partial charge in [-0.25, -0.2) is 13.4 Å². The molecule has 0 atom stereocenters. The number of aromatic nitrogens is 2. The van der Waals surface area contributed by atoms with Crippen LogP contribution in [0.3, 0.4) is 0 Å². The van der Waals surface area contributed by atoms with Crippen LogP contribution in [0.4, 0.5) is 5.69 Å². The summed E-state index contributed by atoms with van der Waals surface area (Å²) in [6, 6.07) is 7.98. The van der Waals surface area contributed by atoms with E-state index in [0.29, 0.717) is 43.3 Å². The molecule has 8 nitrogen and oxygen atoms in total. The Morgan fingerprint density at radius 3 is 2.36 bits per heavy atom. The highest BCUT2D eigenvalue weighted by Crippen LogP contribution is 2.24. The first-order valence-electron chi connectivity index (χ1n) is 9.11. The highest BCUT2D eigenvalue weighted by atomic mass is 32.2. The highest BCUT2D eigenvalue weighted by molar-refractivity contribution is 7.89. The molecule has 1 aliphatic rings. The number of aryl methyl sites for hydroxylation is 2. The number of hydrogen-bond donors (Lipinski definition) is 1. The summed E-state index contributed by atoms with van der Waals surface area (Å²) in [6.45, 7) is 5.86. The molecule has 2 aromatic rings. The number of benzene rings is 1. The smallest absolute Gasteiger partial charge is 0.243 e. The van der Waals surface area contributed by atoms with E-state index in [1.165, 1.54) is 23.4 Å². The van der Waals surface area contributed by atoms with Crippen molar-refractivity contribution in [2.75, 3.05) is 18.4 Å². The minimum absolute atomic E-state index is 0.0812. The maximum Gasteiger partial charge on any atom is 0.243 e. The van der Waals surface area contributed by atoms with E-state index in [-0.39, 0.29) is 16.9 Å². The van der Waals surface area contributed by atoms with Crippen molar-refractivity contribution in [1.82, 2.24) is 14.3 Å². The van der Waals surface area contributed by atoms with Crippen LogP contribution in [0.15, 0.2) is 35.2 Å². The van der Waals surface area contributed by atoms with Crippen molar-refractivity contribution < 1.29 is 17.9 Å². The van der Waals surface area contributed by atoms with Crippen LogP contribution in [0, 0.1) is 13.8 Å². The summed E-state index contributed by atoms with van der Waals surface area (Å²) in [5.41, 5.74) is 1.40. The number of amides is 1. The Morgan fingerprint density at radius 2 is 1.79 bits per heavy atom. The monoisotopic (exact) mass is 404 g/mol. The molecule has 150 valence electrons. The second-order valence-electron chi connectivity index (χ2n) is 6.82. The Hall–Kier alpha value is -2.52. The lowest BCUT2D eigenvalue weighted by molar-refractivity contribution is -0.114. The third-order valence-corrected chi connectivity index (χ3v) is 6.36. The van der Waals surface area contributed by atoms with Gasteiger partial charge in [0.2, 0.25) is 21.8 Å². The molecule has 1 fully saturated rings. The number of carbonyl (C=O) groups excluding carboxylic acids is 1. The number of nitrogens with one attached hydrogen (secondary N) is 1. The van der Waals surface area contributed by atoms with Crippen LogP contribution in [0.5, 0.6) is 5.88 Å². The van der Waals surface area contributed by atoms with Gasteiger partial charge in [0.1, 0.15) is 11.9 Å². The predicted molar refractivity (Wildman–Crippen MR) is 105 cm³/mol. The molecule has 0 aliphatic carbocycles. The zero-order chi connectivity index (χ0) is 20.3. The van der Waals surface area contributed by atoms with E-state index < -0.39 is 10.0 Å². The largest absolute Gasteiger partial charge is 0.474 e. The molecule has 28 heavy (non-hydrogen) atoms. The first-order chi connectivity index (χ1) is 13.2. The summed E-state index contributed by atoms with van der Waals surface area (Å²) in [5.74, 6) is 0.976. The number of piperidine rings is 1. The van der Waals surface area contributed by atoms with Gasteiger partial charge in [-0.2, -0.15) is 9.29 Å². The van der Waals surface area contributed by atoms with Crippen molar-refractivity contribution in [2.24, 2.45) is 0 Å². The van der Waals surface area contributed by atoms with Gasteiger partial charge in [0.15, 0.2) is 0 Å². The fraction of sp³-hybridized carbons (Fsp3) is 0.421. The Kier molecular flexibility index (Phi) is 5.95. The third-order valence-electron chi connectivity index (χ3n) is 4.44. The van der Waals surface area contributed by atoms with E-state index in [4.69, 9.17) is 4.74 Å². The summed E-state index contributed by atoms with van der Waals surface area (Å²) in [5, 5.41) is 2.63. The molecule has 2 heterocycles. The third kappa shape index (κ3) is 4.85. The molecule has 1 aliphatic heterocycles. The SMILES string of the molecule is CC(=O)Nc1ccc(S(=O)(=O)N2CCC(Oc3cc(C)nc(C)n3)CC2)cc1. The van der Waals surface area contributed by atoms with Gasteiger partial charge in [-0.3, -0.25) is 4.79 Å². The van der Waals surface area contributed by atoms with Crippen molar-refractivity contribution in [3.63, 3.8) is 0 Å². The van der Waals surface area contributed by atoms with Crippen LogP contribution in [0.1, 0.15) is 31.3 Å². The molecule has 0 radical (unpaired) electrons. The molecule has 0 spiro atoms. The van der Waals surface area contributed by atoms with Gasteiger partial charge < -0.3 is 10.1 Å². The number of carbonyl (C=O) groups is 1. The Labute approximate surface area is 165 Å². The summed E-state index contributed by atoms with van der Waals surface area (Å²) in [7, 11) is -3.58. The summed E-state index contributed by atoms with van der Waals surface area (Å²) < 4.78 is 33.1. The first-order valence-corrected chi connectivity index (χ1v) is 10.5. The average molecular weight is 404 g/mol. The Balaban J connectivity index is 1.62. The molecular weight excluding hydrogens is 380 g/mol. The van der Waals surface area contributed by atoms with E-state index in [9.17, 15) is 13.2 Å². The zero-order valence-corrected chi connectivity index (χ0v) is 17.0. The van der Waals surface area contributed by atoms with E-state index in [1.54, 1.807) is 18.2 Å². The second kappa shape index (κ2) is 8.24. The fourth-order valence-corrected chi connectivity index (χ4v) is 4.64. The maximum atomic E-state index is 12.9. The minimum Gasteiger partial charge on any atom is -0.474 e. The number of nitrogens with zero attached hydrogens (tertiary/aromatic N) is 3. The second-order valence-corrected chi connectivity index (χ2v) is 8.76. The van der Waals surface area contributed by atoms with Crippen molar-refractivity contribution in [1.29, 1.82) is 0 Å². The minimum atomic E-state index is -3.58. The van der Waals surface area contributed by atoms with Gasteiger partial charge in [-0.15, -0.1) is 0 Å². The molecule has 1 saturated heterocycles. The number of sulfonamides is 1. The van der Waals surface area contributed by atoms with Crippen molar-refractivity contribution in [3.8, 4) is 5.88 Å². The molecule has 1 aromatic carbocycles. The van der Waals surface area contributed by atoms with Gasteiger partial charge in [-0.05, 0) is 51.0 Å². The van der Waals surface area contributed by atoms with E-state index in [1.807, 2.05) is 13.8 Å². The van der Waals surface area contributed by atoms with E-state index >= 15 is 0 Å². The maximum absolute atomic E-state index is 12.9. The molecule has 0 bridgehead atoms. The zero-order valence-electron chi connectivity index (χ0n) is 16.2. The predicted octanol–water partition coefficient (Wildman–Crippen LogP) is 2.28. The Morgan fingerprint density at radius 1 is 1.14 bits per heavy atom. The summed E-state index contributed by atoms with van der Waals surface area (Å²) >= 11 is 0. The fourth-order valence-electron chi connectivity index (χ4n) is 3.17. The number of hydrogen-bond acceptors (Lipinski definition) is 6. The number of anilines is 1. The molecule has 1 amide bonds. The first kappa shape index (κ1) is 20.2. The highest BCUT2D eigenvalue weighted by Gasteiger charge is 2.30. The van der Waals surface area contributed by atoms with Crippen LogP contribution >= 0.6 is 0 Å². The van der Waals surface area contributed by atoms with Gasteiger partial charge in [0.25, 0.3) is 0 Å². The lowest BCUT2D eigenvalue weighted by Gasteiger charge is -2.31. The molecule has 0 unspecified atom stereocenters. The van der Waals surface area contributed by atoms with Crippen LogP contribution < -0.4 is 10.1 Å². The average Bonchev–Trinajstić information content (AvgIpc) is 2.61. The molecular formula is C19H24N4O4S. The standard InChI is InChI=1S/C19H24N4O4S/c1-13-12-19(21-14(2)20-13)27-17-8-10-23(11-9-17)28(25,26)18-6-4-16(5-7-18)22-15(3)24/h4-7,12,17H,8-11H2,1-3H3,(H,22,24). The van der Waals surface area contributed by atoms with E-state index in [0.717, 1.165) is 5.69 Å². The quantitative estimate of drug-likeness (QED) is 0.820. The van der Waals surface area contributed by atoms with Crippen molar-refractivity contribution in [2.45, 2.75) is 44.6 Å². The van der Waals surface area contributed by atoms with Crippen LogP contribution in [0.2, 0.25) is 0 Å². The van der Waals surface area contributed by atoms with Gasteiger partial charge in [0.05, 0.1) is 4.90 Å². The molecule has 1 N–H and O–H groups in total. The van der Waals surface area contributed by atoms with Crippen molar-refractivity contribution >= 4 is 21.6 Å². The lowest BCUT2D eigenvalue weighted by Crippen LogP contribution is -2.41. The summed E-state index contributed by atoms with van der Waals surface area (Å²) in [4.78, 5) is 19.8. The normalized spacial score (nSPS) is 16.0. The van der Waals surface area contributed by atoms with Gasteiger partial charge in [-0.1, -0.05) is 0 Å². The van der Waals surface area contributed by atoms with E-state index in [2.05, 4.69) is 15.3 Å². The molecule has 9 heteroatoms. The summed E-state index contributed by atoms with van der Waals surface area (Å²) in [6.07, 6.45) is 1.10. The van der Waals surface area contributed by atoms with Crippen LogP contribution in [0.25, 0.3) is 0 Å². The van der Waals surface area contributed by atoms with Gasteiger partial charge in [0, 0.05) is 37.5 Å². The lowest BCUT2D eigenvalue weighted by atomic mass is 10.1. The molecule has 3 rings (SSSR count). The van der Waals surface area contributed by atoms with Crippen LogP contribution in [-0.2, 0) is 14.8 Å². The Bertz CT molecular complexity index is 932. The van der Waals surface area contributed by atoms with Crippen LogP contribution in [-0.4, -0.2) is 47.8 Å². The molecule has 1 aromatic heterocycles. The number of rotatable bonds is 5. The van der Waals surface area contributed by atoms with Crippen molar-refractivity contribution in [3.05, 3.63) is 41.9 Å². The topological polar surface area (TPSA) is 101 Å². The number of ether oxygens (including phenoxy) is 1.